The van der Waals surface area contributed by atoms with Crippen LogP contribution in [-0.4, -0.2) is 58.6 Å². The lowest BCUT2D eigenvalue weighted by molar-refractivity contribution is -0.140. The van der Waals surface area contributed by atoms with Gasteiger partial charge in [0.25, 0.3) is 5.91 Å². The molecule has 156 valence electrons. The summed E-state index contributed by atoms with van der Waals surface area (Å²) >= 11 is 0. The first-order valence-electron chi connectivity index (χ1n) is 10.2. The van der Waals surface area contributed by atoms with Gasteiger partial charge in [-0.05, 0) is 43.7 Å². The van der Waals surface area contributed by atoms with Gasteiger partial charge in [-0.2, -0.15) is 5.10 Å². The van der Waals surface area contributed by atoms with Crippen LogP contribution in [0.25, 0.3) is 0 Å². The molecule has 0 aromatic carbocycles. The number of fused-ring (bicyclic) bond motifs is 5. The third-order valence-corrected chi connectivity index (χ3v) is 6.67. The maximum Gasteiger partial charge on any atom is 0.271 e. The summed E-state index contributed by atoms with van der Waals surface area (Å²) in [6, 6.07) is 1.99. The Hall–Kier alpha value is -2.19. The van der Waals surface area contributed by atoms with Gasteiger partial charge < -0.3 is 10.6 Å². The average molecular weight is 420 g/mol. The van der Waals surface area contributed by atoms with Crippen LogP contribution in [0.15, 0.2) is 24.4 Å². The van der Waals surface area contributed by atoms with Crippen molar-refractivity contribution in [3.05, 3.63) is 30.1 Å². The fraction of sp³-hybridized carbons (Fsp3) is 0.600. The van der Waals surface area contributed by atoms with Gasteiger partial charge in [-0.3, -0.25) is 24.0 Å². The average Bonchev–Trinajstić information content (AvgIpc) is 3.49. The number of allylic oxidation sites excluding steroid dienone is 2. The Balaban J connectivity index is 0.00000205. The smallest absolute Gasteiger partial charge is 0.271 e. The minimum atomic E-state index is -0.274. The van der Waals surface area contributed by atoms with Crippen molar-refractivity contribution >= 4 is 30.1 Å². The molecule has 4 aliphatic rings. The summed E-state index contributed by atoms with van der Waals surface area (Å²) < 4.78 is 1.85. The van der Waals surface area contributed by atoms with Crippen LogP contribution in [0.2, 0.25) is 0 Å². The van der Waals surface area contributed by atoms with Crippen molar-refractivity contribution in [3.63, 3.8) is 0 Å². The molecule has 5 unspecified atom stereocenters. The SMILES string of the molecule is Cl.O=C(NCCN1C(=O)C2C3C=CC(C3)C2C1=O)c1ccn(C2CCCNC2)n1. The molecule has 5 rings (SSSR count). The largest absolute Gasteiger partial charge is 0.349 e. The standard InChI is InChI=1S/C20H25N5O3.ClH/c26-18(15-5-8-25(23-15)14-2-1-6-21-11-14)22-7-9-24-19(27)16-12-3-4-13(10-12)17(16)20(24)28;/h3-5,8,12-14,16-17,21H,1-2,6-7,9-11H2,(H,22,26);1H. The highest BCUT2D eigenvalue weighted by atomic mass is 35.5. The number of rotatable bonds is 5. The number of nitrogens with one attached hydrogen (secondary N) is 2. The van der Waals surface area contributed by atoms with Gasteiger partial charge in [0.2, 0.25) is 11.8 Å². The highest BCUT2D eigenvalue weighted by Gasteiger charge is 2.58. The van der Waals surface area contributed by atoms with Crippen LogP contribution >= 0.6 is 12.4 Å². The fourth-order valence-electron chi connectivity index (χ4n) is 5.28. The van der Waals surface area contributed by atoms with Gasteiger partial charge in [-0.1, -0.05) is 12.2 Å². The molecular weight excluding hydrogens is 394 g/mol. The lowest BCUT2D eigenvalue weighted by atomic mass is 9.85. The van der Waals surface area contributed by atoms with Crippen molar-refractivity contribution in [1.29, 1.82) is 0 Å². The number of amides is 3. The number of aromatic nitrogens is 2. The topological polar surface area (TPSA) is 96.3 Å². The first kappa shape index (κ1) is 20.1. The second-order valence-corrected chi connectivity index (χ2v) is 8.27. The zero-order valence-electron chi connectivity index (χ0n) is 16.1. The van der Waals surface area contributed by atoms with Crippen LogP contribution in [0.1, 0.15) is 35.8 Å². The quantitative estimate of drug-likeness (QED) is 0.542. The van der Waals surface area contributed by atoms with Crippen molar-refractivity contribution in [1.82, 2.24) is 25.3 Å². The molecule has 2 aliphatic heterocycles. The highest BCUT2D eigenvalue weighted by molar-refractivity contribution is 6.06. The van der Waals surface area contributed by atoms with Gasteiger partial charge in [0.15, 0.2) is 0 Å². The molecule has 1 aromatic heterocycles. The molecule has 2 aliphatic carbocycles. The lowest BCUT2D eigenvalue weighted by Gasteiger charge is -2.22. The fourth-order valence-corrected chi connectivity index (χ4v) is 5.28. The van der Waals surface area contributed by atoms with Crippen LogP contribution in [0.5, 0.6) is 0 Å². The van der Waals surface area contributed by atoms with Gasteiger partial charge in [0.05, 0.1) is 17.9 Å². The normalized spacial score (nSPS) is 32.4. The zero-order chi connectivity index (χ0) is 19.3. The summed E-state index contributed by atoms with van der Waals surface area (Å²) in [6.07, 6.45) is 9.08. The Morgan fingerprint density at radius 2 is 1.93 bits per heavy atom. The number of carbonyl (C=O) groups excluding carboxylic acids is 3. The summed E-state index contributed by atoms with van der Waals surface area (Å²) in [5.41, 5.74) is 0.365. The van der Waals surface area contributed by atoms with Gasteiger partial charge in [0, 0.05) is 25.8 Å². The number of hydrogen-bond acceptors (Lipinski definition) is 5. The van der Waals surface area contributed by atoms with Crippen molar-refractivity contribution < 1.29 is 14.4 Å². The van der Waals surface area contributed by atoms with E-state index in [0.29, 0.717) is 5.69 Å². The van der Waals surface area contributed by atoms with Gasteiger partial charge >= 0.3 is 0 Å². The predicted molar refractivity (Wildman–Crippen MR) is 107 cm³/mol. The van der Waals surface area contributed by atoms with E-state index in [1.54, 1.807) is 6.07 Å². The number of hydrogen-bond donors (Lipinski definition) is 2. The molecule has 0 radical (unpaired) electrons. The minimum Gasteiger partial charge on any atom is -0.349 e. The van der Waals surface area contributed by atoms with Gasteiger partial charge in [0.1, 0.15) is 5.69 Å². The van der Waals surface area contributed by atoms with Crippen molar-refractivity contribution in [2.24, 2.45) is 23.7 Å². The molecule has 1 aromatic rings. The number of likely N-dealkylation sites (tertiary alicyclic amines) is 1. The lowest BCUT2D eigenvalue weighted by Crippen LogP contribution is -2.40. The van der Waals surface area contributed by atoms with Crippen molar-refractivity contribution in [3.8, 4) is 0 Å². The predicted octanol–water partition coefficient (Wildman–Crippen LogP) is 0.766. The molecule has 1 saturated carbocycles. The maximum atomic E-state index is 12.6. The van der Waals surface area contributed by atoms with Crippen LogP contribution < -0.4 is 10.6 Å². The molecule has 2 bridgehead atoms. The van der Waals surface area contributed by atoms with E-state index >= 15 is 0 Å². The molecule has 3 heterocycles. The molecule has 9 heteroatoms. The number of nitrogens with zero attached hydrogens (tertiary/aromatic N) is 3. The van der Waals surface area contributed by atoms with Crippen molar-refractivity contribution in [2.45, 2.75) is 25.3 Å². The number of halogens is 1. The third-order valence-electron chi connectivity index (χ3n) is 6.67. The first-order valence-corrected chi connectivity index (χ1v) is 10.2. The number of carbonyl (C=O) groups is 3. The Bertz CT molecular complexity index is 817. The molecule has 8 nitrogen and oxygen atoms in total. The van der Waals surface area contributed by atoms with Crippen LogP contribution in [-0.2, 0) is 9.59 Å². The van der Waals surface area contributed by atoms with Crippen molar-refractivity contribution in [2.75, 3.05) is 26.2 Å². The van der Waals surface area contributed by atoms with E-state index in [-0.39, 0.29) is 72.9 Å². The van der Waals surface area contributed by atoms with E-state index in [0.717, 1.165) is 32.4 Å². The molecule has 3 fully saturated rings. The van der Waals surface area contributed by atoms with Gasteiger partial charge in [-0.15, -0.1) is 12.4 Å². The number of imide groups is 1. The summed E-state index contributed by atoms with van der Waals surface area (Å²) in [5, 5.41) is 10.5. The van der Waals surface area contributed by atoms with Gasteiger partial charge in [-0.25, -0.2) is 0 Å². The van der Waals surface area contributed by atoms with E-state index in [4.69, 9.17) is 0 Å². The second kappa shape index (κ2) is 7.91. The van der Waals surface area contributed by atoms with E-state index in [1.807, 2.05) is 10.9 Å². The molecular formula is C20H26ClN5O3. The Morgan fingerprint density at radius 3 is 2.59 bits per heavy atom. The Kier molecular flexibility index (Phi) is 5.48. The maximum absolute atomic E-state index is 12.6. The molecule has 3 amide bonds. The molecule has 2 saturated heterocycles. The van der Waals surface area contributed by atoms with E-state index in [2.05, 4.69) is 27.9 Å². The van der Waals surface area contributed by atoms with E-state index in [9.17, 15) is 14.4 Å². The second-order valence-electron chi connectivity index (χ2n) is 8.27. The van der Waals surface area contributed by atoms with E-state index < -0.39 is 0 Å². The van der Waals surface area contributed by atoms with E-state index in [1.165, 1.54) is 4.90 Å². The summed E-state index contributed by atoms with van der Waals surface area (Å²) in [5.74, 6) is -0.363. The molecule has 2 N–H and O–H groups in total. The Morgan fingerprint density at radius 1 is 1.21 bits per heavy atom. The molecule has 5 atom stereocenters. The molecule has 0 spiro atoms. The zero-order valence-corrected chi connectivity index (χ0v) is 16.9. The summed E-state index contributed by atoms with van der Waals surface area (Å²) in [4.78, 5) is 39.0. The number of piperidine rings is 1. The van der Waals surface area contributed by atoms with Crippen LogP contribution in [0, 0.1) is 23.7 Å². The Labute approximate surface area is 175 Å². The summed E-state index contributed by atoms with van der Waals surface area (Å²) in [7, 11) is 0. The van der Waals surface area contributed by atoms with Crippen LogP contribution in [0.4, 0.5) is 0 Å². The third kappa shape index (κ3) is 3.38. The van der Waals surface area contributed by atoms with Crippen LogP contribution in [0.3, 0.4) is 0 Å². The molecule has 29 heavy (non-hydrogen) atoms. The highest BCUT2D eigenvalue weighted by Crippen LogP contribution is 2.52. The minimum absolute atomic E-state index is 0. The monoisotopic (exact) mass is 419 g/mol. The first-order chi connectivity index (χ1) is 13.6. The summed E-state index contributed by atoms with van der Waals surface area (Å²) in [6.45, 7) is 2.36.